The van der Waals surface area contributed by atoms with Crippen molar-refractivity contribution in [3.8, 4) is 0 Å². The Labute approximate surface area is 189 Å². The maximum Gasteiger partial charge on any atom is 0.243 e. The van der Waals surface area contributed by atoms with Crippen LogP contribution >= 0.6 is 0 Å². The first-order valence-corrected chi connectivity index (χ1v) is 12.8. The number of hydrogen-bond donors (Lipinski definition) is 0. The normalized spacial score (nSPS) is 20.6. The number of anilines is 2. The minimum atomic E-state index is -3.52. The molecule has 0 spiro atoms. The number of nitrogens with zero attached hydrogens (tertiary/aromatic N) is 5. The van der Waals surface area contributed by atoms with E-state index in [0.29, 0.717) is 37.1 Å². The Morgan fingerprint density at radius 1 is 0.812 bits per heavy atom. The predicted octanol–water partition coefficient (Wildman–Crippen LogP) is 3.52. The van der Waals surface area contributed by atoms with E-state index >= 15 is 0 Å². The number of benzene rings is 2. The second kappa shape index (κ2) is 8.67. The molecule has 1 unspecified atom stereocenters. The summed E-state index contributed by atoms with van der Waals surface area (Å²) in [5.74, 6) is 1.74. The highest BCUT2D eigenvalue weighted by Gasteiger charge is 2.29. The lowest BCUT2D eigenvalue weighted by atomic mass is 10.0. The summed E-state index contributed by atoms with van der Waals surface area (Å²) in [7, 11) is -3.52. The molecule has 2 aromatic carbocycles. The smallest absolute Gasteiger partial charge is 0.243 e. The summed E-state index contributed by atoms with van der Waals surface area (Å²) in [5, 5.41) is 10.9. The van der Waals surface area contributed by atoms with Crippen LogP contribution in [0.15, 0.2) is 59.5 Å². The molecule has 2 aliphatic heterocycles. The van der Waals surface area contributed by atoms with Gasteiger partial charge in [0.25, 0.3) is 0 Å². The molecule has 2 saturated heterocycles. The Hall–Kier alpha value is -2.71. The molecule has 3 heterocycles. The van der Waals surface area contributed by atoms with Crippen LogP contribution in [0.2, 0.25) is 0 Å². The predicted molar refractivity (Wildman–Crippen MR) is 128 cm³/mol. The molecule has 5 rings (SSSR count). The molecule has 1 atom stereocenters. The van der Waals surface area contributed by atoms with Gasteiger partial charge in [-0.25, -0.2) is 8.42 Å². The SMILES string of the molecule is CC1CCCCN1c1ccc(N2CCN(S(=O)(=O)c3ccc4ccccc4c3)CC2)nn1. The molecular weight excluding hydrogens is 422 g/mol. The van der Waals surface area contributed by atoms with Gasteiger partial charge in [-0.15, -0.1) is 10.2 Å². The summed E-state index contributed by atoms with van der Waals surface area (Å²) < 4.78 is 28.0. The first-order valence-electron chi connectivity index (χ1n) is 11.4. The van der Waals surface area contributed by atoms with Gasteiger partial charge in [0.05, 0.1) is 4.90 Å². The van der Waals surface area contributed by atoms with Crippen molar-refractivity contribution < 1.29 is 8.42 Å². The minimum Gasteiger partial charge on any atom is -0.352 e. The van der Waals surface area contributed by atoms with Crippen LogP contribution in [0, 0.1) is 0 Å². The lowest BCUT2D eigenvalue weighted by Gasteiger charge is -2.35. The second-order valence-electron chi connectivity index (χ2n) is 8.69. The Balaban J connectivity index is 1.26. The van der Waals surface area contributed by atoms with Gasteiger partial charge in [-0.3, -0.25) is 0 Å². The quantitative estimate of drug-likeness (QED) is 0.605. The van der Waals surface area contributed by atoms with Crippen molar-refractivity contribution in [2.24, 2.45) is 0 Å². The number of aromatic nitrogens is 2. The zero-order valence-electron chi connectivity index (χ0n) is 18.4. The van der Waals surface area contributed by atoms with Gasteiger partial charge in [-0.05, 0) is 61.2 Å². The molecule has 168 valence electrons. The van der Waals surface area contributed by atoms with Crippen LogP contribution in [0.1, 0.15) is 26.2 Å². The van der Waals surface area contributed by atoms with Gasteiger partial charge < -0.3 is 9.80 Å². The van der Waals surface area contributed by atoms with E-state index in [1.54, 1.807) is 16.4 Å². The van der Waals surface area contributed by atoms with Crippen molar-refractivity contribution in [2.45, 2.75) is 37.1 Å². The topological polar surface area (TPSA) is 69.6 Å². The molecule has 0 amide bonds. The molecule has 3 aromatic rings. The Morgan fingerprint density at radius 2 is 1.53 bits per heavy atom. The molecule has 0 bridgehead atoms. The maximum absolute atomic E-state index is 13.2. The van der Waals surface area contributed by atoms with Gasteiger partial charge in [0.1, 0.15) is 0 Å². The molecule has 2 fully saturated rings. The standard InChI is InChI=1S/C24H29N5O2S/c1-19-6-4-5-13-29(19)24-12-11-23(25-26-24)27-14-16-28(17-15-27)32(30,31)22-10-9-20-7-2-3-8-21(20)18-22/h2-3,7-12,18-19H,4-6,13-17H2,1H3. The summed E-state index contributed by atoms with van der Waals surface area (Å²) in [5.41, 5.74) is 0. The second-order valence-corrected chi connectivity index (χ2v) is 10.6. The number of hydrogen-bond acceptors (Lipinski definition) is 6. The number of piperazine rings is 1. The summed E-state index contributed by atoms with van der Waals surface area (Å²) in [6, 6.07) is 17.7. The molecule has 7 nitrogen and oxygen atoms in total. The maximum atomic E-state index is 13.2. The van der Waals surface area contributed by atoms with E-state index in [1.165, 1.54) is 19.3 Å². The van der Waals surface area contributed by atoms with Crippen molar-refractivity contribution in [1.82, 2.24) is 14.5 Å². The Morgan fingerprint density at radius 3 is 2.25 bits per heavy atom. The number of sulfonamides is 1. The number of fused-ring (bicyclic) bond motifs is 1. The highest BCUT2D eigenvalue weighted by Crippen LogP contribution is 2.26. The highest BCUT2D eigenvalue weighted by atomic mass is 32.2. The molecule has 0 aliphatic carbocycles. The Kier molecular flexibility index (Phi) is 5.73. The summed E-state index contributed by atoms with van der Waals surface area (Å²) >= 11 is 0. The summed E-state index contributed by atoms with van der Waals surface area (Å²) in [6.45, 7) is 5.33. The van der Waals surface area contributed by atoms with Crippen LogP contribution in [0.4, 0.5) is 11.6 Å². The third-order valence-electron chi connectivity index (χ3n) is 6.65. The van der Waals surface area contributed by atoms with Crippen molar-refractivity contribution in [1.29, 1.82) is 0 Å². The third kappa shape index (κ3) is 4.04. The van der Waals surface area contributed by atoms with Crippen molar-refractivity contribution in [2.75, 3.05) is 42.5 Å². The van der Waals surface area contributed by atoms with Gasteiger partial charge in [0, 0.05) is 38.8 Å². The minimum absolute atomic E-state index is 0.351. The van der Waals surface area contributed by atoms with Crippen LogP contribution in [0.5, 0.6) is 0 Å². The largest absolute Gasteiger partial charge is 0.352 e. The van der Waals surface area contributed by atoms with Gasteiger partial charge in [-0.1, -0.05) is 30.3 Å². The third-order valence-corrected chi connectivity index (χ3v) is 8.55. The van der Waals surface area contributed by atoms with Gasteiger partial charge in [0.15, 0.2) is 11.6 Å². The average Bonchev–Trinajstić information content (AvgIpc) is 2.84. The van der Waals surface area contributed by atoms with Crippen LogP contribution < -0.4 is 9.80 Å². The van der Waals surface area contributed by atoms with E-state index in [2.05, 4.69) is 26.9 Å². The van der Waals surface area contributed by atoms with Crippen LogP contribution in [-0.4, -0.2) is 61.7 Å². The molecule has 2 aliphatic rings. The van der Waals surface area contributed by atoms with Crippen molar-refractivity contribution >= 4 is 32.4 Å². The van der Waals surface area contributed by atoms with Gasteiger partial charge >= 0.3 is 0 Å². The fourth-order valence-electron chi connectivity index (χ4n) is 4.71. The molecule has 0 radical (unpaired) electrons. The summed E-state index contributed by atoms with van der Waals surface area (Å²) in [4.78, 5) is 4.79. The lowest BCUT2D eigenvalue weighted by molar-refractivity contribution is 0.383. The fourth-order valence-corrected chi connectivity index (χ4v) is 6.17. The molecule has 0 saturated carbocycles. The van der Waals surface area contributed by atoms with E-state index in [-0.39, 0.29) is 0 Å². The molecule has 0 N–H and O–H groups in total. The zero-order chi connectivity index (χ0) is 22.1. The van der Waals surface area contributed by atoms with Gasteiger partial charge in [0.2, 0.25) is 10.0 Å². The number of rotatable bonds is 4. The van der Waals surface area contributed by atoms with Crippen LogP contribution in [0.25, 0.3) is 10.8 Å². The molecular formula is C24H29N5O2S. The van der Waals surface area contributed by atoms with Crippen LogP contribution in [0.3, 0.4) is 0 Å². The lowest BCUT2D eigenvalue weighted by Crippen LogP contribution is -2.49. The average molecular weight is 452 g/mol. The van der Waals surface area contributed by atoms with Crippen LogP contribution in [-0.2, 0) is 10.0 Å². The highest BCUT2D eigenvalue weighted by molar-refractivity contribution is 7.89. The van der Waals surface area contributed by atoms with Gasteiger partial charge in [-0.2, -0.15) is 4.31 Å². The van der Waals surface area contributed by atoms with E-state index < -0.39 is 10.0 Å². The number of piperidine rings is 1. The zero-order valence-corrected chi connectivity index (χ0v) is 19.2. The summed E-state index contributed by atoms with van der Waals surface area (Å²) in [6.07, 6.45) is 3.66. The van der Waals surface area contributed by atoms with E-state index in [1.807, 2.05) is 42.5 Å². The molecule has 1 aromatic heterocycles. The van der Waals surface area contributed by atoms with E-state index in [0.717, 1.165) is 29.0 Å². The first-order chi connectivity index (χ1) is 15.5. The molecule has 32 heavy (non-hydrogen) atoms. The molecule has 8 heteroatoms. The first kappa shape index (κ1) is 21.2. The van der Waals surface area contributed by atoms with E-state index in [4.69, 9.17) is 0 Å². The van der Waals surface area contributed by atoms with E-state index in [9.17, 15) is 8.42 Å². The fraction of sp³-hybridized carbons (Fsp3) is 0.417. The van der Waals surface area contributed by atoms with Crippen molar-refractivity contribution in [3.05, 3.63) is 54.6 Å². The Bertz CT molecular complexity index is 1190. The monoisotopic (exact) mass is 451 g/mol. The van der Waals surface area contributed by atoms with Crippen molar-refractivity contribution in [3.63, 3.8) is 0 Å².